The third kappa shape index (κ3) is 4.10. The van der Waals surface area contributed by atoms with E-state index in [1.54, 1.807) is 0 Å². The Morgan fingerprint density at radius 2 is 2.46 bits per heavy atom. The molecule has 0 fully saturated rings. The molecule has 1 unspecified atom stereocenters. The summed E-state index contributed by atoms with van der Waals surface area (Å²) < 4.78 is 0. The largest absolute Gasteiger partial charge is 0.396 e. The van der Waals surface area contributed by atoms with Crippen LogP contribution in [-0.4, -0.2) is 23.2 Å². The average molecular weight is 182 g/mol. The van der Waals surface area contributed by atoms with Crippen LogP contribution in [0, 0.1) is 5.92 Å². The first-order valence-electron chi connectivity index (χ1n) is 4.76. The lowest BCUT2D eigenvalue weighted by molar-refractivity contribution is 0.260. The molecule has 0 spiro atoms. The lowest BCUT2D eigenvalue weighted by Crippen LogP contribution is -2.21. The number of hydrogen-bond donors (Lipinski definition) is 3. The Hall–Kier alpha value is -0.800. The maximum Gasteiger partial charge on any atom is 0.0434 e. The Balaban J connectivity index is 2.07. The number of aromatic amines is 1. The molecule has 0 bridgehead atoms. The van der Waals surface area contributed by atoms with Crippen molar-refractivity contribution in [1.82, 2.24) is 10.3 Å². The summed E-state index contributed by atoms with van der Waals surface area (Å²) in [4.78, 5) is 3.01. The van der Waals surface area contributed by atoms with Crippen LogP contribution in [0.1, 0.15) is 18.9 Å². The van der Waals surface area contributed by atoms with Crippen molar-refractivity contribution in [3.63, 3.8) is 0 Å². The van der Waals surface area contributed by atoms with Gasteiger partial charge in [0.25, 0.3) is 0 Å². The van der Waals surface area contributed by atoms with Gasteiger partial charge in [-0.1, -0.05) is 6.92 Å². The summed E-state index contributed by atoms with van der Waals surface area (Å²) in [5.41, 5.74) is 1.27. The molecule has 13 heavy (non-hydrogen) atoms. The van der Waals surface area contributed by atoms with Crippen molar-refractivity contribution in [3.05, 3.63) is 24.0 Å². The smallest absolute Gasteiger partial charge is 0.0434 e. The predicted octanol–water partition coefficient (Wildman–Crippen LogP) is 1.12. The zero-order valence-corrected chi connectivity index (χ0v) is 8.09. The van der Waals surface area contributed by atoms with E-state index in [0.29, 0.717) is 5.92 Å². The Morgan fingerprint density at radius 3 is 3.08 bits per heavy atom. The molecule has 0 amide bonds. The molecule has 1 aromatic rings. The SMILES string of the molecule is CC(CCO)CNCc1cc[nH]c1. The van der Waals surface area contributed by atoms with Crippen LogP contribution in [-0.2, 0) is 6.54 Å². The molecule has 0 radical (unpaired) electrons. The first-order chi connectivity index (χ1) is 6.33. The van der Waals surface area contributed by atoms with Crippen molar-refractivity contribution in [3.8, 4) is 0 Å². The van der Waals surface area contributed by atoms with Gasteiger partial charge in [0, 0.05) is 25.5 Å². The van der Waals surface area contributed by atoms with Gasteiger partial charge in [-0.05, 0) is 30.5 Å². The minimum Gasteiger partial charge on any atom is -0.396 e. The van der Waals surface area contributed by atoms with Gasteiger partial charge in [-0.3, -0.25) is 0 Å². The van der Waals surface area contributed by atoms with E-state index in [1.807, 2.05) is 12.4 Å². The lowest BCUT2D eigenvalue weighted by Gasteiger charge is -2.09. The second-order valence-corrected chi connectivity index (χ2v) is 3.47. The molecule has 0 aliphatic heterocycles. The molecular formula is C10H18N2O. The van der Waals surface area contributed by atoms with Crippen LogP contribution in [0.15, 0.2) is 18.5 Å². The number of aliphatic hydroxyl groups is 1. The van der Waals surface area contributed by atoms with Crippen molar-refractivity contribution < 1.29 is 5.11 Å². The molecule has 0 aliphatic carbocycles. The normalized spacial score (nSPS) is 13.1. The number of rotatable bonds is 6. The molecule has 3 nitrogen and oxygen atoms in total. The van der Waals surface area contributed by atoms with Gasteiger partial charge in [-0.2, -0.15) is 0 Å². The van der Waals surface area contributed by atoms with Crippen molar-refractivity contribution in [2.45, 2.75) is 19.9 Å². The fourth-order valence-electron chi connectivity index (χ4n) is 1.25. The molecule has 1 atom stereocenters. The Kier molecular flexibility index (Phi) is 4.57. The number of nitrogens with one attached hydrogen (secondary N) is 2. The van der Waals surface area contributed by atoms with E-state index < -0.39 is 0 Å². The zero-order valence-electron chi connectivity index (χ0n) is 8.09. The van der Waals surface area contributed by atoms with E-state index >= 15 is 0 Å². The average Bonchev–Trinajstić information content (AvgIpc) is 2.57. The zero-order chi connectivity index (χ0) is 9.52. The second-order valence-electron chi connectivity index (χ2n) is 3.47. The van der Waals surface area contributed by atoms with Crippen LogP contribution in [0.4, 0.5) is 0 Å². The summed E-state index contributed by atoms with van der Waals surface area (Å²) in [5.74, 6) is 0.545. The summed E-state index contributed by atoms with van der Waals surface area (Å²) >= 11 is 0. The van der Waals surface area contributed by atoms with Crippen LogP contribution in [0.3, 0.4) is 0 Å². The van der Waals surface area contributed by atoms with Crippen LogP contribution in [0.2, 0.25) is 0 Å². The summed E-state index contributed by atoms with van der Waals surface area (Å²) in [6, 6.07) is 2.06. The number of H-pyrrole nitrogens is 1. The number of aliphatic hydroxyl groups excluding tert-OH is 1. The molecular weight excluding hydrogens is 164 g/mol. The summed E-state index contributed by atoms with van der Waals surface area (Å²) in [6.07, 6.45) is 4.79. The monoisotopic (exact) mass is 182 g/mol. The van der Waals surface area contributed by atoms with Gasteiger partial charge < -0.3 is 15.4 Å². The van der Waals surface area contributed by atoms with E-state index in [4.69, 9.17) is 5.11 Å². The van der Waals surface area contributed by atoms with Gasteiger partial charge in [-0.15, -0.1) is 0 Å². The predicted molar refractivity (Wildman–Crippen MR) is 53.4 cm³/mol. The maximum atomic E-state index is 8.69. The van der Waals surface area contributed by atoms with Gasteiger partial charge in [0.05, 0.1) is 0 Å². The third-order valence-corrected chi connectivity index (χ3v) is 2.11. The Bertz CT molecular complexity index is 209. The molecule has 0 saturated heterocycles. The Morgan fingerprint density at radius 1 is 1.62 bits per heavy atom. The van der Waals surface area contributed by atoms with Crippen LogP contribution in [0.5, 0.6) is 0 Å². The van der Waals surface area contributed by atoms with Crippen molar-refractivity contribution in [1.29, 1.82) is 0 Å². The van der Waals surface area contributed by atoms with Crippen LogP contribution in [0.25, 0.3) is 0 Å². The van der Waals surface area contributed by atoms with Gasteiger partial charge in [0.15, 0.2) is 0 Å². The van der Waals surface area contributed by atoms with E-state index in [1.165, 1.54) is 5.56 Å². The Labute approximate surface area is 79.2 Å². The maximum absolute atomic E-state index is 8.69. The van der Waals surface area contributed by atoms with E-state index in [2.05, 4.69) is 23.3 Å². The molecule has 3 heteroatoms. The van der Waals surface area contributed by atoms with Gasteiger partial charge >= 0.3 is 0 Å². The fraction of sp³-hybridized carbons (Fsp3) is 0.600. The highest BCUT2D eigenvalue weighted by atomic mass is 16.3. The van der Waals surface area contributed by atoms with Crippen molar-refractivity contribution in [2.75, 3.05) is 13.2 Å². The molecule has 3 N–H and O–H groups in total. The van der Waals surface area contributed by atoms with E-state index in [-0.39, 0.29) is 6.61 Å². The van der Waals surface area contributed by atoms with Gasteiger partial charge in [0.2, 0.25) is 0 Å². The quantitative estimate of drug-likeness (QED) is 0.617. The summed E-state index contributed by atoms with van der Waals surface area (Å²) in [5, 5.41) is 12.0. The molecule has 0 saturated carbocycles. The van der Waals surface area contributed by atoms with Crippen molar-refractivity contribution in [2.24, 2.45) is 5.92 Å². The highest BCUT2D eigenvalue weighted by molar-refractivity contribution is 5.07. The highest BCUT2D eigenvalue weighted by Crippen LogP contribution is 2.00. The second kappa shape index (κ2) is 5.78. The van der Waals surface area contributed by atoms with Gasteiger partial charge in [0.1, 0.15) is 0 Å². The fourth-order valence-corrected chi connectivity index (χ4v) is 1.25. The minimum atomic E-state index is 0.285. The molecule has 0 aromatic carbocycles. The van der Waals surface area contributed by atoms with Crippen molar-refractivity contribution >= 4 is 0 Å². The summed E-state index contributed by atoms with van der Waals surface area (Å²) in [6.45, 7) is 4.29. The van der Waals surface area contributed by atoms with Gasteiger partial charge in [-0.25, -0.2) is 0 Å². The number of aromatic nitrogens is 1. The van der Waals surface area contributed by atoms with E-state index in [0.717, 1.165) is 19.5 Å². The van der Waals surface area contributed by atoms with E-state index in [9.17, 15) is 0 Å². The molecule has 0 aliphatic rings. The molecule has 1 aromatic heterocycles. The standard InChI is InChI=1S/C10H18N2O/c1-9(3-5-13)6-12-8-10-2-4-11-7-10/h2,4,7,9,11-13H,3,5-6,8H2,1H3. The first-order valence-corrected chi connectivity index (χ1v) is 4.76. The molecule has 1 heterocycles. The summed E-state index contributed by atoms with van der Waals surface area (Å²) in [7, 11) is 0. The van der Waals surface area contributed by atoms with Crippen LogP contribution >= 0.6 is 0 Å². The lowest BCUT2D eigenvalue weighted by atomic mass is 10.1. The first kappa shape index (κ1) is 10.3. The number of hydrogen-bond acceptors (Lipinski definition) is 2. The molecule has 74 valence electrons. The molecule has 1 rings (SSSR count). The van der Waals surface area contributed by atoms with Crippen LogP contribution < -0.4 is 5.32 Å². The topological polar surface area (TPSA) is 48.0 Å². The highest BCUT2D eigenvalue weighted by Gasteiger charge is 2.00. The third-order valence-electron chi connectivity index (χ3n) is 2.11. The minimum absolute atomic E-state index is 0.285.